The molecule has 5 heteroatoms. The Kier molecular flexibility index (Phi) is 4.62. The molecule has 24 heavy (non-hydrogen) atoms. The van der Waals surface area contributed by atoms with E-state index in [0.29, 0.717) is 23.8 Å². The first-order chi connectivity index (χ1) is 11.5. The van der Waals surface area contributed by atoms with Crippen molar-refractivity contribution in [3.8, 4) is 11.5 Å². The second-order valence-electron chi connectivity index (χ2n) is 5.74. The van der Waals surface area contributed by atoms with Crippen molar-refractivity contribution in [2.24, 2.45) is 0 Å². The molecule has 0 aliphatic heterocycles. The van der Waals surface area contributed by atoms with E-state index in [9.17, 15) is 15.0 Å². The van der Waals surface area contributed by atoms with Crippen molar-refractivity contribution in [3.63, 3.8) is 0 Å². The van der Waals surface area contributed by atoms with Gasteiger partial charge < -0.3 is 14.6 Å². The zero-order valence-electron chi connectivity index (χ0n) is 13.2. The maximum absolute atomic E-state index is 11.9. The van der Waals surface area contributed by atoms with E-state index in [0.717, 1.165) is 22.0 Å². The number of phenolic OH excluding ortho intramolecular Hbond substituents is 2. The predicted molar refractivity (Wildman–Crippen MR) is 96.8 cm³/mol. The van der Waals surface area contributed by atoms with E-state index in [1.165, 1.54) is 12.1 Å². The summed E-state index contributed by atoms with van der Waals surface area (Å²) in [6.45, 7) is 2.00. The van der Waals surface area contributed by atoms with Crippen LogP contribution in [0.2, 0.25) is 0 Å². The molecule has 3 aromatic rings. The Hall–Kier alpha value is -2.27. The van der Waals surface area contributed by atoms with E-state index >= 15 is 0 Å². The van der Waals surface area contributed by atoms with Crippen LogP contribution in [-0.4, -0.2) is 10.2 Å². The van der Waals surface area contributed by atoms with Crippen molar-refractivity contribution in [1.82, 2.24) is 0 Å². The number of halogens is 1. The number of aromatic hydroxyl groups is 2. The lowest BCUT2D eigenvalue weighted by Crippen LogP contribution is -2.03. The Morgan fingerprint density at radius 2 is 1.92 bits per heavy atom. The Bertz CT molecular complexity index is 959. The summed E-state index contributed by atoms with van der Waals surface area (Å²) in [6, 6.07) is 10.4. The van der Waals surface area contributed by atoms with Gasteiger partial charge in [-0.25, -0.2) is 4.79 Å². The summed E-state index contributed by atoms with van der Waals surface area (Å²) in [7, 11) is 0. The van der Waals surface area contributed by atoms with Gasteiger partial charge in [-0.05, 0) is 29.7 Å². The number of rotatable bonds is 4. The minimum Gasteiger partial charge on any atom is -0.507 e. The fourth-order valence-electron chi connectivity index (χ4n) is 2.93. The average molecular weight is 389 g/mol. The maximum atomic E-state index is 11.9. The van der Waals surface area contributed by atoms with Crippen molar-refractivity contribution in [2.45, 2.75) is 26.2 Å². The molecule has 0 spiro atoms. The predicted octanol–water partition coefficient (Wildman–Crippen LogP) is 4.51. The van der Waals surface area contributed by atoms with Gasteiger partial charge in [-0.1, -0.05) is 41.4 Å². The van der Waals surface area contributed by atoms with Crippen molar-refractivity contribution in [1.29, 1.82) is 0 Å². The summed E-state index contributed by atoms with van der Waals surface area (Å²) in [4.78, 5) is 11.9. The molecule has 2 aromatic carbocycles. The normalized spacial score (nSPS) is 11.1. The van der Waals surface area contributed by atoms with Crippen molar-refractivity contribution in [2.75, 3.05) is 0 Å². The van der Waals surface area contributed by atoms with Crippen molar-refractivity contribution in [3.05, 3.63) is 68.0 Å². The molecule has 0 aliphatic rings. The van der Waals surface area contributed by atoms with E-state index < -0.39 is 5.63 Å². The van der Waals surface area contributed by atoms with Crippen LogP contribution in [0, 0.1) is 0 Å². The highest BCUT2D eigenvalue weighted by Gasteiger charge is 2.18. The van der Waals surface area contributed by atoms with E-state index in [1.54, 1.807) is 0 Å². The number of aryl methyl sites for hydroxylation is 1. The molecule has 0 atom stereocenters. The van der Waals surface area contributed by atoms with Gasteiger partial charge in [0.1, 0.15) is 17.1 Å². The fourth-order valence-corrected chi connectivity index (χ4v) is 3.37. The smallest absolute Gasteiger partial charge is 0.336 e. The lowest BCUT2D eigenvalue weighted by Gasteiger charge is -2.12. The van der Waals surface area contributed by atoms with E-state index in [-0.39, 0.29) is 17.1 Å². The first kappa shape index (κ1) is 16.6. The molecule has 1 heterocycles. The second-order valence-corrected chi connectivity index (χ2v) is 6.66. The molecule has 0 unspecified atom stereocenters. The zero-order valence-corrected chi connectivity index (χ0v) is 14.8. The molecule has 0 aliphatic carbocycles. The number of benzene rings is 2. The highest BCUT2D eigenvalue weighted by atomic mass is 79.9. The summed E-state index contributed by atoms with van der Waals surface area (Å²) >= 11 is 3.42. The molecule has 4 nitrogen and oxygen atoms in total. The van der Waals surface area contributed by atoms with Crippen molar-refractivity contribution < 1.29 is 14.6 Å². The SMILES string of the molecule is CCCc1cc(=O)oc2c(Cc3cccc(Br)c3)c(O)cc(O)c12. The highest BCUT2D eigenvalue weighted by Crippen LogP contribution is 2.37. The molecular formula is C19H17BrO4. The molecule has 0 saturated carbocycles. The highest BCUT2D eigenvalue weighted by molar-refractivity contribution is 9.10. The molecule has 124 valence electrons. The van der Waals surface area contributed by atoms with Crippen LogP contribution in [-0.2, 0) is 12.8 Å². The Labute approximate surface area is 147 Å². The number of phenols is 2. The van der Waals surface area contributed by atoms with Gasteiger partial charge in [0.05, 0.1) is 5.39 Å². The van der Waals surface area contributed by atoms with E-state index in [2.05, 4.69) is 15.9 Å². The number of hydrogen-bond acceptors (Lipinski definition) is 4. The van der Waals surface area contributed by atoms with Crippen LogP contribution in [0.4, 0.5) is 0 Å². The summed E-state index contributed by atoms with van der Waals surface area (Å²) < 4.78 is 6.28. The van der Waals surface area contributed by atoms with E-state index in [1.807, 2.05) is 31.2 Å². The summed E-state index contributed by atoms with van der Waals surface area (Å²) in [5.41, 5.74) is 1.96. The fraction of sp³-hybridized carbons (Fsp3) is 0.211. The molecule has 0 fully saturated rings. The van der Waals surface area contributed by atoms with Gasteiger partial charge in [-0.3, -0.25) is 0 Å². The molecule has 3 rings (SSSR count). The van der Waals surface area contributed by atoms with Crippen LogP contribution in [0.15, 0.2) is 50.1 Å². The summed E-state index contributed by atoms with van der Waals surface area (Å²) in [5.74, 6) is -0.163. The van der Waals surface area contributed by atoms with Crippen LogP contribution in [0.1, 0.15) is 30.0 Å². The third-order valence-corrected chi connectivity index (χ3v) is 4.44. The average Bonchev–Trinajstić information content (AvgIpc) is 2.51. The van der Waals surface area contributed by atoms with Crippen LogP contribution in [0.25, 0.3) is 11.0 Å². The van der Waals surface area contributed by atoms with Crippen molar-refractivity contribution >= 4 is 26.9 Å². The summed E-state index contributed by atoms with van der Waals surface area (Å²) in [6.07, 6.45) is 1.87. The van der Waals surface area contributed by atoms with Gasteiger partial charge in [0, 0.05) is 28.6 Å². The van der Waals surface area contributed by atoms with Gasteiger partial charge >= 0.3 is 5.63 Å². The molecule has 0 radical (unpaired) electrons. The molecule has 0 amide bonds. The Balaban J connectivity index is 2.25. The number of hydrogen-bond donors (Lipinski definition) is 2. The van der Waals surface area contributed by atoms with Gasteiger partial charge in [0.15, 0.2) is 0 Å². The van der Waals surface area contributed by atoms with E-state index in [4.69, 9.17) is 4.42 Å². The van der Waals surface area contributed by atoms with Crippen LogP contribution in [0.5, 0.6) is 11.5 Å². The molecular weight excluding hydrogens is 372 g/mol. The van der Waals surface area contributed by atoms with Gasteiger partial charge in [0.25, 0.3) is 0 Å². The minimum atomic E-state index is -0.480. The standard InChI is InChI=1S/C19H17BrO4/c1-2-4-12-9-17(23)24-19-14(15(21)10-16(22)18(12)19)8-11-5-3-6-13(20)7-11/h3,5-7,9-10,21-22H,2,4,8H2,1H3. The Morgan fingerprint density at radius 3 is 2.62 bits per heavy atom. The molecule has 0 bridgehead atoms. The molecule has 2 N–H and O–H groups in total. The lowest BCUT2D eigenvalue weighted by molar-refractivity contribution is 0.446. The lowest BCUT2D eigenvalue weighted by atomic mass is 9.97. The first-order valence-electron chi connectivity index (χ1n) is 7.74. The van der Waals surface area contributed by atoms with Crippen LogP contribution < -0.4 is 5.63 Å². The molecule has 1 aromatic heterocycles. The summed E-state index contributed by atoms with van der Waals surface area (Å²) in [5, 5.41) is 21.1. The third-order valence-electron chi connectivity index (χ3n) is 3.95. The Morgan fingerprint density at radius 1 is 1.12 bits per heavy atom. The van der Waals surface area contributed by atoms with Gasteiger partial charge in [-0.2, -0.15) is 0 Å². The minimum absolute atomic E-state index is 0.0762. The third kappa shape index (κ3) is 3.17. The van der Waals surface area contributed by atoms with Crippen LogP contribution in [0.3, 0.4) is 0 Å². The topological polar surface area (TPSA) is 70.7 Å². The number of fused-ring (bicyclic) bond motifs is 1. The molecule has 0 saturated heterocycles. The second kappa shape index (κ2) is 6.69. The first-order valence-corrected chi connectivity index (χ1v) is 8.54. The van der Waals surface area contributed by atoms with Gasteiger partial charge in [0.2, 0.25) is 0 Å². The van der Waals surface area contributed by atoms with Crippen LogP contribution >= 0.6 is 15.9 Å². The van der Waals surface area contributed by atoms with Gasteiger partial charge in [-0.15, -0.1) is 0 Å². The zero-order chi connectivity index (χ0) is 17.3. The largest absolute Gasteiger partial charge is 0.507 e. The quantitative estimate of drug-likeness (QED) is 0.645. The monoisotopic (exact) mass is 388 g/mol. The maximum Gasteiger partial charge on any atom is 0.336 e.